The van der Waals surface area contributed by atoms with E-state index in [0.717, 1.165) is 12.6 Å². The fourth-order valence-electron chi connectivity index (χ4n) is 3.74. The minimum Gasteiger partial charge on any atom is -0.395 e. The average Bonchev–Trinajstić information content (AvgIpc) is 3.25. The zero-order valence-corrected chi connectivity index (χ0v) is 14.7. The zero-order chi connectivity index (χ0) is 17.0. The Balaban J connectivity index is 0.000000141. The molecule has 0 saturated carbocycles. The van der Waals surface area contributed by atoms with Gasteiger partial charge in [-0.3, -0.25) is 0 Å². The molecule has 3 aliphatic rings. The highest BCUT2D eigenvalue weighted by atomic mass is 16.8. The minimum atomic E-state index is -0.481. The van der Waals surface area contributed by atoms with Gasteiger partial charge in [0, 0.05) is 12.6 Å². The number of aliphatic hydroxyl groups excluding tert-OH is 1. The van der Waals surface area contributed by atoms with Crippen molar-refractivity contribution in [3.63, 3.8) is 0 Å². The van der Waals surface area contributed by atoms with Crippen molar-refractivity contribution in [2.75, 3.05) is 19.7 Å². The first-order valence-corrected chi connectivity index (χ1v) is 9.04. The van der Waals surface area contributed by atoms with E-state index in [-0.39, 0.29) is 24.9 Å². The summed E-state index contributed by atoms with van der Waals surface area (Å²) in [6.07, 6.45) is 4.01. The van der Waals surface area contributed by atoms with Crippen LogP contribution >= 0.6 is 0 Å². The number of rotatable bonds is 3. The van der Waals surface area contributed by atoms with E-state index in [2.05, 4.69) is 41.0 Å². The van der Waals surface area contributed by atoms with Gasteiger partial charge in [0.1, 0.15) is 12.2 Å². The predicted molar refractivity (Wildman–Crippen MR) is 93.9 cm³/mol. The maximum atomic E-state index is 8.99. The van der Waals surface area contributed by atoms with Gasteiger partial charge in [0.05, 0.1) is 12.6 Å². The third-order valence-corrected chi connectivity index (χ3v) is 4.88. The van der Waals surface area contributed by atoms with Crippen LogP contribution in [-0.2, 0) is 15.9 Å². The quantitative estimate of drug-likeness (QED) is 0.781. The maximum Gasteiger partial charge on any atom is 0.163 e. The van der Waals surface area contributed by atoms with Gasteiger partial charge in [-0.2, -0.15) is 0 Å². The lowest BCUT2D eigenvalue weighted by Crippen LogP contribution is -2.37. The Morgan fingerprint density at radius 2 is 1.96 bits per heavy atom. The summed E-state index contributed by atoms with van der Waals surface area (Å²) in [5.41, 5.74) is 1.46. The van der Waals surface area contributed by atoms with E-state index < -0.39 is 5.79 Å². The fourth-order valence-corrected chi connectivity index (χ4v) is 3.74. The molecule has 0 bridgehead atoms. The molecule has 5 heteroatoms. The molecule has 5 nitrogen and oxygen atoms in total. The van der Waals surface area contributed by atoms with Crippen LogP contribution in [0.1, 0.15) is 32.3 Å². The second-order valence-electron chi connectivity index (χ2n) is 7.32. The van der Waals surface area contributed by atoms with Gasteiger partial charge in [0.2, 0.25) is 0 Å². The normalized spacial score (nSPS) is 33.8. The first-order valence-electron chi connectivity index (χ1n) is 9.04. The maximum absolute atomic E-state index is 8.99. The lowest BCUT2D eigenvalue weighted by atomic mass is 10.1. The number of fused-ring (bicyclic) bond motifs is 1. The van der Waals surface area contributed by atoms with Crippen LogP contribution in [0.5, 0.6) is 0 Å². The molecule has 0 radical (unpaired) electrons. The monoisotopic (exact) mass is 334 g/mol. The summed E-state index contributed by atoms with van der Waals surface area (Å²) in [6, 6.07) is 11.5. The zero-order valence-electron chi connectivity index (χ0n) is 14.7. The average molecular weight is 334 g/mol. The molecule has 4 atom stereocenters. The van der Waals surface area contributed by atoms with Gasteiger partial charge >= 0.3 is 0 Å². The number of ether oxygens (including phenoxy) is 2. The van der Waals surface area contributed by atoms with Crippen molar-refractivity contribution >= 4 is 0 Å². The molecule has 1 aromatic rings. The van der Waals surface area contributed by atoms with E-state index in [9.17, 15) is 0 Å². The lowest BCUT2D eigenvalue weighted by Gasteiger charge is -2.20. The van der Waals surface area contributed by atoms with E-state index in [4.69, 9.17) is 14.6 Å². The largest absolute Gasteiger partial charge is 0.395 e. The molecule has 3 N–H and O–H groups in total. The van der Waals surface area contributed by atoms with E-state index in [1.165, 1.54) is 31.4 Å². The molecule has 0 spiro atoms. The van der Waals surface area contributed by atoms with Crippen LogP contribution in [0.25, 0.3) is 0 Å². The standard InChI is InChI=1S/C11H15N.C8H15NO3/c1-2-5-10(6-3-1)9-11-7-4-8-12-11;1-8(2)11-6-3-9-5(4-10)7(6)12-8/h1-3,5-6,11-12H,4,7-9H2;5-7,9-10H,3-4H2,1-2H3/t;5-,6+,7-/m.0/s1. The van der Waals surface area contributed by atoms with Gasteiger partial charge in [-0.05, 0) is 45.2 Å². The smallest absolute Gasteiger partial charge is 0.163 e. The number of hydrogen-bond donors (Lipinski definition) is 3. The van der Waals surface area contributed by atoms with Crippen molar-refractivity contribution in [1.82, 2.24) is 10.6 Å². The second-order valence-corrected chi connectivity index (χ2v) is 7.32. The molecule has 24 heavy (non-hydrogen) atoms. The lowest BCUT2D eigenvalue weighted by molar-refractivity contribution is -0.153. The van der Waals surface area contributed by atoms with Crippen molar-refractivity contribution in [2.24, 2.45) is 0 Å². The Hall–Kier alpha value is -0.980. The molecule has 0 aromatic heterocycles. The van der Waals surface area contributed by atoms with Gasteiger partial charge in [0.15, 0.2) is 5.79 Å². The highest BCUT2D eigenvalue weighted by Crippen LogP contribution is 2.32. The molecule has 3 aliphatic heterocycles. The summed E-state index contributed by atoms with van der Waals surface area (Å²) in [7, 11) is 0. The Morgan fingerprint density at radius 3 is 2.62 bits per heavy atom. The van der Waals surface area contributed by atoms with E-state index >= 15 is 0 Å². The van der Waals surface area contributed by atoms with Crippen LogP contribution in [0, 0.1) is 0 Å². The molecular formula is C19H30N2O3. The van der Waals surface area contributed by atoms with Crippen molar-refractivity contribution in [2.45, 2.75) is 63.2 Å². The number of benzene rings is 1. The third kappa shape index (κ3) is 4.55. The molecule has 3 fully saturated rings. The van der Waals surface area contributed by atoms with Crippen molar-refractivity contribution in [1.29, 1.82) is 0 Å². The molecule has 1 unspecified atom stereocenters. The first-order chi connectivity index (χ1) is 11.6. The molecule has 1 aromatic carbocycles. The first kappa shape index (κ1) is 17.8. The SMILES string of the molecule is CC1(C)O[C@H]2[C@H](CO)NC[C@H]2O1.c1ccc(CC2CCCN2)cc1. The molecular weight excluding hydrogens is 304 g/mol. The summed E-state index contributed by atoms with van der Waals surface area (Å²) in [5, 5.41) is 15.6. The minimum absolute atomic E-state index is 0.0185. The van der Waals surface area contributed by atoms with Gasteiger partial charge in [0.25, 0.3) is 0 Å². The Kier molecular flexibility index (Phi) is 5.89. The Morgan fingerprint density at radius 1 is 1.17 bits per heavy atom. The van der Waals surface area contributed by atoms with E-state index in [1.807, 2.05) is 13.8 Å². The Bertz CT molecular complexity index is 503. The topological polar surface area (TPSA) is 62.8 Å². The summed E-state index contributed by atoms with van der Waals surface area (Å²) in [4.78, 5) is 0. The van der Waals surface area contributed by atoms with Gasteiger partial charge in [-0.25, -0.2) is 0 Å². The number of hydrogen-bond acceptors (Lipinski definition) is 5. The van der Waals surface area contributed by atoms with Crippen LogP contribution in [0.3, 0.4) is 0 Å². The summed E-state index contributed by atoms with van der Waals surface area (Å²) in [6.45, 7) is 5.90. The van der Waals surface area contributed by atoms with Crippen molar-refractivity contribution in [3.8, 4) is 0 Å². The molecule has 4 rings (SSSR count). The summed E-state index contributed by atoms with van der Waals surface area (Å²) < 4.78 is 11.2. The second kappa shape index (κ2) is 7.93. The molecule has 0 amide bonds. The highest BCUT2D eigenvalue weighted by molar-refractivity contribution is 5.16. The Labute approximate surface area is 144 Å². The van der Waals surface area contributed by atoms with Crippen molar-refractivity contribution < 1.29 is 14.6 Å². The number of aliphatic hydroxyl groups is 1. The van der Waals surface area contributed by atoms with Crippen LogP contribution in [0.2, 0.25) is 0 Å². The van der Waals surface area contributed by atoms with Crippen LogP contribution in [0.4, 0.5) is 0 Å². The molecule has 134 valence electrons. The highest BCUT2D eigenvalue weighted by Gasteiger charge is 2.48. The predicted octanol–water partition coefficient (Wildman–Crippen LogP) is 1.45. The third-order valence-electron chi connectivity index (χ3n) is 4.88. The summed E-state index contributed by atoms with van der Waals surface area (Å²) in [5.74, 6) is -0.481. The van der Waals surface area contributed by atoms with Crippen molar-refractivity contribution in [3.05, 3.63) is 35.9 Å². The summed E-state index contributed by atoms with van der Waals surface area (Å²) >= 11 is 0. The molecule has 3 heterocycles. The van der Waals surface area contributed by atoms with E-state index in [1.54, 1.807) is 0 Å². The van der Waals surface area contributed by atoms with Gasteiger partial charge in [-0.1, -0.05) is 30.3 Å². The van der Waals surface area contributed by atoms with Gasteiger partial charge < -0.3 is 25.2 Å². The molecule has 0 aliphatic carbocycles. The van der Waals surface area contributed by atoms with Crippen LogP contribution in [0.15, 0.2) is 30.3 Å². The number of nitrogens with one attached hydrogen (secondary N) is 2. The van der Waals surface area contributed by atoms with Gasteiger partial charge in [-0.15, -0.1) is 0 Å². The molecule has 3 saturated heterocycles. The fraction of sp³-hybridized carbons (Fsp3) is 0.684. The van der Waals surface area contributed by atoms with Crippen LogP contribution < -0.4 is 10.6 Å². The van der Waals surface area contributed by atoms with E-state index in [0.29, 0.717) is 0 Å². The van der Waals surface area contributed by atoms with Crippen LogP contribution in [-0.4, -0.2) is 54.9 Å².